The van der Waals surface area contributed by atoms with E-state index in [0.29, 0.717) is 40.7 Å². The van der Waals surface area contributed by atoms with Crippen molar-refractivity contribution < 1.29 is 31.3 Å². The molecule has 0 radical (unpaired) electrons. The van der Waals surface area contributed by atoms with Crippen LogP contribution >= 0.6 is 0 Å². The quantitative estimate of drug-likeness (QED) is 0.110. The van der Waals surface area contributed by atoms with Crippen molar-refractivity contribution in [3.63, 3.8) is 0 Å². The first-order chi connectivity index (χ1) is 20.6. The van der Waals surface area contributed by atoms with Crippen molar-refractivity contribution in [1.82, 2.24) is 19.9 Å². The van der Waals surface area contributed by atoms with Crippen molar-refractivity contribution in [2.24, 2.45) is 0 Å². The van der Waals surface area contributed by atoms with E-state index >= 15 is 4.39 Å². The Bertz CT molecular complexity index is 1830. The summed E-state index contributed by atoms with van der Waals surface area (Å²) >= 11 is 0. The van der Waals surface area contributed by atoms with Crippen LogP contribution in [0.25, 0.3) is 22.2 Å². The van der Waals surface area contributed by atoms with Gasteiger partial charge in [0.1, 0.15) is 23.1 Å². The van der Waals surface area contributed by atoms with E-state index in [1.165, 1.54) is 6.20 Å². The summed E-state index contributed by atoms with van der Waals surface area (Å²) in [5.41, 5.74) is 0.0389. The third kappa shape index (κ3) is 6.57. The van der Waals surface area contributed by atoms with Crippen molar-refractivity contribution in [1.29, 1.82) is 0 Å². The molecule has 2 aromatic carbocycles. The molecule has 3 aromatic heterocycles. The molecular formula is C30H25F4N5O3S. The molecule has 0 amide bonds. The number of aromatic amines is 1. The predicted octanol–water partition coefficient (Wildman–Crippen LogP) is 5.88. The van der Waals surface area contributed by atoms with E-state index in [1.807, 2.05) is 14.1 Å². The van der Waals surface area contributed by atoms with Crippen molar-refractivity contribution in [3.8, 4) is 17.0 Å². The van der Waals surface area contributed by atoms with Gasteiger partial charge in [0, 0.05) is 53.3 Å². The number of pyridine rings is 2. The molecule has 1 unspecified atom stereocenters. The minimum atomic E-state index is -2.46. The molecule has 13 heteroatoms. The number of ketones is 1. The SMILES string of the molecule is CN(C)CCCOc1ccc(-c2cnc3[nH]cc(C(=O)c4c(F)ccc(NS(=O)c5cc(F)ccc5F)c4F)c3c2)cn1. The molecule has 0 aliphatic carbocycles. The number of fused-ring (bicyclic) bond motifs is 1. The van der Waals surface area contributed by atoms with E-state index in [2.05, 4.69) is 24.6 Å². The van der Waals surface area contributed by atoms with E-state index in [1.54, 1.807) is 30.6 Å². The van der Waals surface area contributed by atoms with Crippen LogP contribution in [0, 0.1) is 23.3 Å². The van der Waals surface area contributed by atoms with Gasteiger partial charge in [-0.1, -0.05) is 0 Å². The normalized spacial score (nSPS) is 12.1. The Morgan fingerprint density at radius 3 is 2.49 bits per heavy atom. The molecule has 3 heterocycles. The minimum Gasteiger partial charge on any atom is -0.478 e. The summed E-state index contributed by atoms with van der Waals surface area (Å²) in [5.74, 6) is -4.92. The van der Waals surface area contributed by atoms with Crippen LogP contribution in [0.1, 0.15) is 22.3 Å². The van der Waals surface area contributed by atoms with Crippen molar-refractivity contribution >= 4 is 33.5 Å². The number of halogens is 4. The molecule has 222 valence electrons. The second-order valence-electron chi connectivity index (χ2n) is 9.77. The Hall–Kier alpha value is -4.62. The highest BCUT2D eigenvalue weighted by molar-refractivity contribution is 7.86. The second-order valence-corrected chi connectivity index (χ2v) is 11.0. The van der Waals surface area contributed by atoms with Crippen molar-refractivity contribution in [3.05, 3.63) is 102 Å². The zero-order valence-electron chi connectivity index (χ0n) is 23.0. The number of hydrogen-bond acceptors (Lipinski definition) is 6. The molecule has 43 heavy (non-hydrogen) atoms. The lowest BCUT2D eigenvalue weighted by atomic mass is 10.00. The Morgan fingerprint density at radius 1 is 0.977 bits per heavy atom. The molecule has 0 bridgehead atoms. The van der Waals surface area contributed by atoms with Crippen LogP contribution in [0.4, 0.5) is 23.2 Å². The molecule has 1 atom stereocenters. The topological polar surface area (TPSA) is 100 Å². The van der Waals surface area contributed by atoms with Gasteiger partial charge < -0.3 is 14.6 Å². The molecule has 0 spiro atoms. The Labute approximate surface area is 246 Å². The lowest BCUT2D eigenvalue weighted by Gasteiger charge is -2.11. The Kier molecular flexibility index (Phi) is 8.83. The number of rotatable bonds is 11. The molecule has 2 N–H and O–H groups in total. The second kappa shape index (κ2) is 12.7. The van der Waals surface area contributed by atoms with Crippen LogP contribution in [-0.2, 0) is 11.0 Å². The molecule has 0 aliphatic heterocycles. The number of carbonyl (C=O) groups excluding carboxylic acids is 1. The highest BCUT2D eigenvalue weighted by Gasteiger charge is 2.26. The van der Waals surface area contributed by atoms with E-state index in [0.717, 1.165) is 37.2 Å². The highest BCUT2D eigenvalue weighted by Crippen LogP contribution is 2.30. The fraction of sp³-hybridized carbons (Fsp3) is 0.167. The fourth-order valence-corrected chi connectivity index (χ4v) is 5.22. The third-order valence-corrected chi connectivity index (χ3v) is 7.58. The molecule has 0 saturated carbocycles. The van der Waals surface area contributed by atoms with Crippen LogP contribution in [0.2, 0.25) is 0 Å². The zero-order chi connectivity index (χ0) is 30.7. The van der Waals surface area contributed by atoms with E-state index in [4.69, 9.17) is 4.74 Å². The van der Waals surface area contributed by atoms with Crippen molar-refractivity contribution in [2.45, 2.75) is 11.3 Å². The number of ether oxygens (including phenoxy) is 1. The van der Waals surface area contributed by atoms with E-state index in [9.17, 15) is 22.2 Å². The molecule has 0 fully saturated rings. The number of nitrogens with one attached hydrogen (secondary N) is 2. The van der Waals surface area contributed by atoms with Gasteiger partial charge in [-0.15, -0.1) is 0 Å². The fourth-order valence-electron chi connectivity index (χ4n) is 4.29. The summed E-state index contributed by atoms with van der Waals surface area (Å²) in [4.78, 5) is 26.4. The number of benzene rings is 2. The number of H-pyrrole nitrogens is 1. The van der Waals surface area contributed by atoms with Crippen LogP contribution in [0.15, 0.2) is 72.0 Å². The monoisotopic (exact) mass is 611 g/mol. The summed E-state index contributed by atoms with van der Waals surface area (Å²) in [6.07, 6.45) is 5.28. The predicted molar refractivity (Wildman–Crippen MR) is 154 cm³/mol. The lowest BCUT2D eigenvalue weighted by Crippen LogP contribution is -2.15. The molecule has 0 saturated heterocycles. The largest absolute Gasteiger partial charge is 0.478 e. The van der Waals surface area contributed by atoms with Gasteiger partial charge >= 0.3 is 0 Å². The van der Waals surface area contributed by atoms with Crippen LogP contribution in [-0.4, -0.2) is 57.1 Å². The van der Waals surface area contributed by atoms with Gasteiger partial charge in [-0.3, -0.25) is 9.52 Å². The molecule has 5 aromatic rings. The third-order valence-electron chi connectivity index (χ3n) is 6.46. The summed E-state index contributed by atoms with van der Waals surface area (Å²) in [5, 5.41) is 0.300. The maximum Gasteiger partial charge on any atom is 0.213 e. The Morgan fingerprint density at radius 2 is 1.74 bits per heavy atom. The summed E-state index contributed by atoms with van der Waals surface area (Å²) in [6.45, 7) is 1.39. The number of nitrogens with zero attached hydrogens (tertiary/aromatic N) is 3. The van der Waals surface area contributed by atoms with Gasteiger partial charge in [0.25, 0.3) is 0 Å². The van der Waals surface area contributed by atoms with Crippen LogP contribution < -0.4 is 9.46 Å². The number of aromatic nitrogens is 3. The van der Waals surface area contributed by atoms with Crippen molar-refractivity contribution in [2.75, 3.05) is 32.0 Å². The number of carbonyl (C=O) groups is 1. The van der Waals surface area contributed by atoms with E-state index in [-0.39, 0.29) is 5.56 Å². The van der Waals surface area contributed by atoms with Gasteiger partial charge in [0.15, 0.2) is 16.8 Å². The minimum absolute atomic E-state index is 0.0644. The van der Waals surface area contributed by atoms with E-state index < -0.39 is 56.2 Å². The highest BCUT2D eigenvalue weighted by atomic mass is 32.2. The maximum absolute atomic E-state index is 15.5. The standard InChI is InChI=1S/C30H25F4N5O3S/c1-39(2)10-3-11-42-26-9-4-17(14-35-26)18-12-20-21(16-37-30(20)36-15-18)29(40)27-23(33)7-8-24(28(27)34)38-43(41)25-13-19(31)5-6-22(25)32/h4-9,12-16,38H,3,10-11H2,1-2H3,(H,36,37). The maximum atomic E-state index is 15.5. The first kappa shape index (κ1) is 29.9. The number of anilines is 1. The lowest BCUT2D eigenvalue weighted by molar-refractivity contribution is 0.103. The molecule has 5 rings (SSSR count). The molecule has 8 nitrogen and oxygen atoms in total. The number of hydrogen-bond donors (Lipinski definition) is 2. The first-order valence-electron chi connectivity index (χ1n) is 13.0. The van der Waals surface area contributed by atoms with Gasteiger partial charge in [0.2, 0.25) is 11.7 Å². The average molecular weight is 612 g/mol. The van der Waals surface area contributed by atoms with Crippen LogP contribution in [0.5, 0.6) is 5.88 Å². The molecule has 0 aliphatic rings. The zero-order valence-corrected chi connectivity index (χ0v) is 23.8. The molecular weight excluding hydrogens is 586 g/mol. The average Bonchev–Trinajstić information content (AvgIpc) is 3.41. The first-order valence-corrected chi connectivity index (χ1v) is 14.1. The summed E-state index contributed by atoms with van der Waals surface area (Å²) in [6, 6.07) is 9.14. The van der Waals surface area contributed by atoms with Gasteiger partial charge in [0.05, 0.1) is 22.8 Å². The van der Waals surface area contributed by atoms with Gasteiger partial charge in [-0.2, -0.15) is 0 Å². The summed E-state index contributed by atoms with van der Waals surface area (Å²) < 4.78 is 78.4. The smallest absolute Gasteiger partial charge is 0.213 e. The van der Waals surface area contributed by atoms with Crippen LogP contribution in [0.3, 0.4) is 0 Å². The Balaban J connectivity index is 1.40. The van der Waals surface area contributed by atoms with Gasteiger partial charge in [-0.25, -0.2) is 31.7 Å². The van der Waals surface area contributed by atoms with Gasteiger partial charge in [-0.05, 0) is 63.0 Å². The summed E-state index contributed by atoms with van der Waals surface area (Å²) in [7, 11) is 1.50.